The van der Waals surface area contributed by atoms with Gasteiger partial charge < -0.3 is 5.32 Å². The van der Waals surface area contributed by atoms with Gasteiger partial charge in [-0.05, 0) is 32.7 Å². The van der Waals surface area contributed by atoms with Gasteiger partial charge in [0.05, 0.1) is 6.04 Å². The smallest absolute Gasteiger partial charge is 0.245 e. The Morgan fingerprint density at radius 1 is 1.50 bits per heavy atom. The number of amides is 1. The van der Waals surface area contributed by atoms with Crippen LogP contribution in [-0.4, -0.2) is 34.8 Å². The van der Waals surface area contributed by atoms with Gasteiger partial charge in [0.25, 0.3) is 0 Å². The highest BCUT2D eigenvalue weighted by molar-refractivity contribution is 5.97. The maximum Gasteiger partial charge on any atom is 0.245 e. The van der Waals surface area contributed by atoms with Crippen LogP contribution in [0.3, 0.4) is 0 Å². The number of hydrogen-bond acceptors (Lipinski definition) is 3. The van der Waals surface area contributed by atoms with Crippen LogP contribution in [0.5, 0.6) is 0 Å². The summed E-state index contributed by atoms with van der Waals surface area (Å²) < 4.78 is 1.85. The van der Waals surface area contributed by atoms with Crippen LogP contribution in [0, 0.1) is 0 Å². The van der Waals surface area contributed by atoms with Gasteiger partial charge in [0, 0.05) is 25.4 Å². The molecule has 1 atom stereocenters. The molecule has 2 heterocycles. The molecule has 5 heteroatoms. The van der Waals surface area contributed by atoms with Crippen LogP contribution in [0.2, 0.25) is 0 Å². The van der Waals surface area contributed by atoms with Gasteiger partial charge in [0.1, 0.15) is 0 Å². The lowest BCUT2D eigenvalue weighted by molar-refractivity contribution is -0.121. The first-order chi connectivity index (χ1) is 8.76. The van der Waals surface area contributed by atoms with Crippen molar-refractivity contribution in [3.05, 3.63) is 12.3 Å². The Morgan fingerprint density at radius 3 is 3.00 bits per heavy atom. The lowest BCUT2D eigenvalue weighted by Gasteiger charge is -2.31. The number of piperidine rings is 1. The van der Waals surface area contributed by atoms with E-state index in [2.05, 4.69) is 17.3 Å². The van der Waals surface area contributed by atoms with Gasteiger partial charge in [-0.25, -0.2) is 0 Å². The van der Waals surface area contributed by atoms with Crippen molar-refractivity contribution in [1.82, 2.24) is 15.1 Å². The minimum atomic E-state index is -0.0366. The second-order valence-corrected chi connectivity index (χ2v) is 4.67. The molecule has 2 rings (SSSR count). The molecular formula is C13H22N4O. The second kappa shape index (κ2) is 6.00. The highest BCUT2D eigenvalue weighted by Gasteiger charge is 2.30. The molecule has 0 bridgehead atoms. The molecule has 0 aliphatic carbocycles. The molecule has 0 saturated carbocycles. The molecule has 100 valence electrons. The first kappa shape index (κ1) is 13.1. The zero-order chi connectivity index (χ0) is 13.0. The van der Waals surface area contributed by atoms with Gasteiger partial charge in [-0.2, -0.15) is 5.10 Å². The van der Waals surface area contributed by atoms with E-state index in [1.54, 1.807) is 0 Å². The molecule has 1 unspecified atom stereocenters. The third-order valence-electron chi connectivity index (χ3n) is 3.31. The van der Waals surface area contributed by atoms with Gasteiger partial charge in [-0.15, -0.1) is 0 Å². The van der Waals surface area contributed by atoms with Crippen molar-refractivity contribution >= 4 is 11.7 Å². The summed E-state index contributed by atoms with van der Waals surface area (Å²) in [5.74, 6) is 0.945. The van der Waals surface area contributed by atoms with Crippen LogP contribution in [0.4, 0.5) is 5.82 Å². The van der Waals surface area contributed by atoms with E-state index in [4.69, 9.17) is 0 Å². The number of hydrogen-bond donors (Lipinski definition) is 1. The molecule has 1 N–H and O–H groups in total. The number of nitrogens with one attached hydrogen (secondary N) is 1. The zero-order valence-corrected chi connectivity index (χ0v) is 11.2. The maximum atomic E-state index is 12.3. The topological polar surface area (TPSA) is 50.2 Å². The summed E-state index contributed by atoms with van der Waals surface area (Å²) in [6.45, 7) is 6.67. The molecule has 1 saturated heterocycles. The molecule has 5 nitrogen and oxygen atoms in total. The highest BCUT2D eigenvalue weighted by atomic mass is 16.2. The molecule has 0 radical (unpaired) electrons. The number of aryl methyl sites for hydroxylation is 1. The van der Waals surface area contributed by atoms with Crippen molar-refractivity contribution < 1.29 is 4.79 Å². The summed E-state index contributed by atoms with van der Waals surface area (Å²) in [4.78, 5) is 14.2. The minimum absolute atomic E-state index is 0.0366. The molecule has 0 aromatic carbocycles. The van der Waals surface area contributed by atoms with E-state index in [0.29, 0.717) is 0 Å². The predicted octanol–water partition coefficient (Wildman–Crippen LogP) is 1.40. The van der Waals surface area contributed by atoms with Gasteiger partial charge in [-0.1, -0.05) is 6.92 Å². The number of carbonyl (C=O) groups is 1. The molecule has 1 fully saturated rings. The summed E-state index contributed by atoms with van der Waals surface area (Å²) in [6.07, 6.45) is 4.94. The largest absolute Gasteiger partial charge is 0.306 e. The van der Waals surface area contributed by atoms with Crippen molar-refractivity contribution in [3.63, 3.8) is 0 Å². The fourth-order valence-electron chi connectivity index (χ4n) is 2.28. The molecule has 1 aromatic heterocycles. The van der Waals surface area contributed by atoms with Crippen LogP contribution in [0.1, 0.15) is 33.1 Å². The van der Waals surface area contributed by atoms with E-state index in [-0.39, 0.29) is 11.9 Å². The molecule has 1 aliphatic heterocycles. The summed E-state index contributed by atoms with van der Waals surface area (Å²) >= 11 is 0. The van der Waals surface area contributed by atoms with Crippen LogP contribution in [0.15, 0.2) is 12.3 Å². The Labute approximate surface area is 108 Å². The first-order valence-corrected chi connectivity index (χ1v) is 6.84. The van der Waals surface area contributed by atoms with E-state index < -0.39 is 0 Å². The van der Waals surface area contributed by atoms with E-state index in [1.165, 1.54) is 0 Å². The molecule has 0 spiro atoms. The van der Waals surface area contributed by atoms with Crippen molar-refractivity contribution in [2.24, 2.45) is 0 Å². The normalized spacial score (nSPS) is 20.4. The standard InChI is InChI=1S/C13H22N4O/c1-3-8-14-11-6-5-9-17(13(11)18)12-7-10-16(4-2)15-12/h7,10-11,14H,3-6,8-9H2,1-2H3. The lowest BCUT2D eigenvalue weighted by atomic mass is 10.0. The quantitative estimate of drug-likeness (QED) is 0.859. The van der Waals surface area contributed by atoms with Gasteiger partial charge >= 0.3 is 0 Å². The number of nitrogens with zero attached hydrogens (tertiary/aromatic N) is 3. The predicted molar refractivity (Wildman–Crippen MR) is 71.6 cm³/mol. The molecule has 18 heavy (non-hydrogen) atoms. The fraction of sp³-hybridized carbons (Fsp3) is 0.692. The number of aromatic nitrogens is 2. The van der Waals surface area contributed by atoms with Crippen LogP contribution >= 0.6 is 0 Å². The van der Waals surface area contributed by atoms with Gasteiger partial charge in [0.15, 0.2) is 5.82 Å². The fourth-order valence-corrected chi connectivity index (χ4v) is 2.28. The minimum Gasteiger partial charge on any atom is -0.306 e. The van der Waals surface area contributed by atoms with Crippen molar-refractivity contribution in [2.45, 2.75) is 45.7 Å². The van der Waals surface area contributed by atoms with Crippen LogP contribution < -0.4 is 10.2 Å². The lowest BCUT2D eigenvalue weighted by Crippen LogP contribution is -2.51. The SMILES string of the molecule is CCCNC1CCCN(c2ccn(CC)n2)C1=O. The monoisotopic (exact) mass is 250 g/mol. The van der Waals surface area contributed by atoms with E-state index in [9.17, 15) is 4.79 Å². The van der Waals surface area contributed by atoms with Crippen LogP contribution in [-0.2, 0) is 11.3 Å². The van der Waals surface area contributed by atoms with Crippen molar-refractivity contribution in [3.8, 4) is 0 Å². The Hall–Kier alpha value is -1.36. The average Bonchev–Trinajstić information content (AvgIpc) is 2.86. The average molecular weight is 250 g/mol. The summed E-state index contributed by atoms with van der Waals surface area (Å²) in [6, 6.07) is 1.88. The Bertz CT molecular complexity index is 401. The van der Waals surface area contributed by atoms with Crippen molar-refractivity contribution in [1.29, 1.82) is 0 Å². The molecule has 1 amide bonds. The van der Waals surface area contributed by atoms with E-state index >= 15 is 0 Å². The highest BCUT2D eigenvalue weighted by Crippen LogP contribution is 2.19. The third-order valence-corrected chi connectivity index (χ3v) is 3.31. The number of anilines is 1. The van der Waals surface area contributed by atoms with E-state index in [0.717, 1.165) is 44.7 Å². The summed E-state index contributed by atoms with van der Waals surface area (Å²) in [7, 11) is 0. The Kier molecular flexibility index (Phi) is 4.36. The molecule has 1 aliphatic rings. The number of carbonyl (C=O) groups excluding carboxylic acids is 1. The maximum absolute atomic E-state index is 12.3. The zero-order valence-electron chi connectivity index (χ0n) is 11.2. The second-order valence-electron chi connectivity index (χ2n) is 4.67. The Morgan fingerprint density at radius 2 is 2.33 bits per heavy atom. The van der Waals surface area contributed by atoms with E-state index in [1.807, 2.05) is 28.8 Å². The molecule has 1 aromatic rings. The molecular weight excluding hydrogens is 228 g/mol. The Balaban J connectivity index is 2.05. The third kappa shape index (κ3) is 2.72. The summed E-state index contributed by atoms with van der Waals surface area (Å²) in [5.41, 5.74) is 0. The summed E-state index contributed by atoms with van der Waals surface area (Å²) in [5, 5.41) is 7.73. The first-order valence-electron chi connectivity index (χ1n) is 6.84. The van der Waals surface area contributed by atoms with Gasteiger partial charge in [0.2, 0.25) is 5.91 Å². The van der Waals surface area contributed by atoms with Gasteiger partial charge in [-0.3, -0.25) is 14.4 Å². The number of rotatable bonds is 5. The van der Waals surface area contributed by atoms with Crippen LogP contribution in [0.25, 0.3) is 0 Å². The van der Waals surface area contributed by atoms with Crippen molar-refractivity contribution in [2.75, 3.05) is 18.0 Å².